The number of ether oxygens (including phenoxy) is 2. The average Bonchev–Trinajstić information content (AvgIpc) is 3.18. The van der Waals surface area contributed by atoms with E-state index in [9.17, 15) is 14.9 Å². The van der Waals surface area contributed by atoms with E-state index in [4.69, 9.17) is 9.47 Å². The van der Waals surface area contributed by atoms with Crippen LogP contribution >= 0.6 is 0 Å². The Morgan fingerprint density at radius 3 is 2.75 bits per heavy atom. The Balaban J connectivity index is 1.58. The van der Waals surface area contributed by atoms with E-state index in [1.807, 2.05) is 24.3 Å². The van der Waals surface area contributed by atoms with Crippen molar-refractivity contribution in [3.05, 3.63) is 64.5 Å². The third-order valence-electron chi connectivity index (χ3n) is 4.30. The van der Waals surface area contributed by atoms with E-state index < -0.39 is 4.92 Å². The average molecular weight is 381 g/mol. The second-order valence-corrected chi connectivity index (χ2v) is 6.03. The lowest BCUT2D eigenvalue weighted by atomic mass is 10.2. The van der Waals surface area contributed by atoms with Crippen LogP contribution in [-0.4, -0.2) is 39.5 Å². The van der Waals surface area contributed by atoms with E-state index in [1.54, 1.807) is 18.0 Å². The molecule has 0 radical (unpaired) electrons. The van der Waals surface area contributed by atoms with Gasteiger partial charge in [-0.3, -0.25) is 19.8 Å². The lowest BCUT2D eigenvalue weighted by molar-refractivity contribution is -0.384. The predicted octanol–water partition coefficient (Wildman–Crippen LogP) is 2.11. The maximum absolute atomic E-state index is 12.3. The summed E-state index contributed by atoms with van der Waals surface area (Å²) in [5.74, 6) is 0.755. The summed E-state index contributed by atoms with van der Waals surface area (Å²) < 4.78 is 12.1. The van der Waals surface area contributed by atoms with Gasteiger partial charge in [0, 0.05) is 6.07 Å². The number of hydrogen-bond acceptors (Lipinski definition) is 7. The molecule has 0 saturated carbocycles. The van der Waals surface area contributed by atoms with Crippen molar-refractivity contribution in [2.75, 3.05) is 18.6 Å². The molecule has 3 aromatic rings. The smallest absolute Gasteiger partial charge is 0.273 e. The van der Waals surface area contributed by atoms with Gasteiger partial charge in [0.15, 0.2) is 12.4 Å². The first kappa shape index (κ1) is 17.5. The molecule has 10 nitrogen and oxygen atoms in total. The number of anilines is 1. The lowest BCUT2D eigenvalue weighted by Crippen LogP contribution is -2.38. The quantitative estimate of drug-likeness (QED) is 0.491. The third kappa shape index (κ3) is 3.22. The zero-order valence-corrected chi connectivity index (χ0v) is 14.8. The SMILES string of the molecule is COc1ccc(-n2cc(CN3C(=O)COc4cc([N+](=O)[O-])ccc43)nn2)cc1. The van der Waals surface area contributed by atoms with Gasteiger partial charge in [-0.05, 0) is 30.3 Å². The second kappa shape index (κ2) is 6.99. The predicted molar refractivity (Wildman–Crippen MR) is 97.7 cm³/mol. The Morgan fingerprint density at radius 2 is 2.04 bits per heavy atom. The summed E-state index contributed by atoms with van der Waals surface area (Å²) in [5.41, 5.74) is 1.72. The molecule has 1 aliphatic rings. The van der Waals surface area contributed by atoms with Crippen LogP contribution in [0.4, 0.5) is 11.4 Å². The normalized spacial score (nSPS) is 13.0. The number of carbonyl (C=O) groups excluding carboxylic acids is 1. The van der Waals surface area contributed by atoms with Gasteiger partial charge in [0.1, 0.15) is 11.4 Å². The number of nitro groups is 1. The minimum Gasteiger partial charge on any atom is -0.497 e. The van der Waals surface area contributed by atoms with Gasteiger partial charge in [-0.2, -0.15) is 0 Å². The van der Waals surface area contributed by atoms with Crippen molar-refractivity contribution < 1.29 is 19.2 Å². The molecule has 1 aromatic heterocycles. The Morgan fingerprint density at radius 1 is 1.25 bits per heavy atom. The summed E-state index contributed by atoms with van der Waals surface area (Å²) in [6.07, 6.45) is 1.72. The number of carbonyl (C=O) groups is 1. The van der Waals surface area contributed by atoms with Crippen molar-refractivity contribution >= 4 is 17.3 Å². The first-order valence-electron chi connectivity index (χ1n) is 8.32. The molecule has 0 spiro atoms. The number of benzene rings is 2. The topological polar surface area (TPSA) is 113 Å². The van der Waals surface area contributed by atoms with Gasteiger partial charge in [0.05, 0.1) is 42.2 Å². The molecule has 2 heterocycles. The number of aromatic nitrogens is 3. The highest BCUT2D eigenvalue weighted by Crippen LogP contribution is 2.35. The molecule has 28 heavy (non-hydrogen) atoms. The Kier molecular flexibility index (Phi) is 4.36. The van der Waals surface area contributed by atoms with Crippen molar-refractivity contribution in [3.63, 3.8) is 0 Å². The van der Waals surface area contributed by atoms with E-state index in [1.165, 1.54) is 23.1 Å². The maximum Gasteiger partial charge on any atom is 0.273 e. The van der Waals surface area contributed by atoms with Gasteiger partial charge in [-0.15, -0.1) is 5.10 Å². The molecule has 10 heteroatoms. The van der Waals surface area contributed by atoms with Crippen molar-refractivity contribution in [2.45, 2.75) is 6.54 Å². The number of rotatable bonds is 5. The second-order valence-electron chi connectivity index (χ2n) is 6.03. The minimum absolute atomic E-state index is 0.0986. The van der Waals surface area contributed by atoms with E-state index in [0.29, 0.717) is 11.4 Å². The highest BCUT2D eigenvalue weighted by molar-refractivity contribution is 5.97. The molecule has 0 fully saturated rings. The van der Waals surface area contributed by atoms with E-state index >= 15 is 0 Å². The highest BCUT2D eigenvalue weighted by atomic mass is 16.6. The first-order chi connectivity index (χ1) is 13.5. The first-order valence-corrected chi connectivity index (χ1v) is 8.32. The molecule has 4 rings (SSSR count). The highest BCUT2D eigenvalue weighted by Gasteiger charge is 2.28. The van der Waals surface area contributed by atoms with Gasteiger partial charge in [-0.25, -0.2) is 4.68 Å². The number of methoxy groups -OCH3 is 1. The largest absolute Gasteiger partial charge is 0.497 e. The third-order valence-corrected chi connectivity index (χ3v) is 4.30. The molecule has 0 bridgehead atoms. The molecular formula is C18H15N5O5. The monoisotopic (exact) mass is 381 g/mol. The zero-order valence-electron chi connectivity index (χ0n) is 14.8. The van der Waals surface area contributed by atoms with Crippen molar-refractivity contribution in [1.82, 2.24) is 15.0 Å². The summed E-state index contributed by atoms with van der Waals surface area (Å²) in [6, 6.07) is 11.4. The number of nitro benzene ring substituents is 1. The van der Waals surface area contributed by atoms with Crippen LogP contribution in [0.5, 0.6) is 11.5 Å². The van der Waals surface area contributed by atoms with E-state index in [2.05, 4.69) is 10.3 Å². The molecule has 0 aliphatic carbocycles. The Labute approximate surface area is 159 Å². The molecule has 2 aromatic carbocycles. The van der Waals surface area contributed by atoms with Gasteiger partial charge in [0.25, 0.3) is 11.6 Å². The molecule has 0 N–H and O–H groups in total. The van der Waals surface area contributed by atoms with Crippen LogP contribution in [0.2, 0.25) is 0 Å². The molecule has 142 valence electrons. The lowest BCUT2D eigenvalue weighted by Gasteiger charge is -2.28. The number of amides is 1. The number of hydrogen-bond donors (Lipinski definition) is 0. The van der Waals surface area contributed by atoms with Crippen LogP contribution in [0.1, 0.15) is 5.69 Å². The van der Waals surface area contributed by atoms with Crippen LogP contribution < -0.4 is 14.4 Å². The molecule has 0 atom stereocenters. The van der Waals surface area contributed by atoms with Gasteiger partial charge < -0.3 is 9.47 Å². The summed E-state index contributed by atoms with van der Waals surface area (Å²) >= 11 is 0. The van der Waals surface area contributed by atoms with E-state index in [0.717, 1.165) is 11.4 Å². The fourth-order valence-corrected chi connectivity index (χ4v) is 2.87. The molecule has 1 aliphatic heterocycles. The minimum atomic E-state index is -0.509. The van der Waals surface area contributed by atoms with Crippen LogP contribution in [0.3, 0.4) is 0 Å². The standard InChI is InChI=1S/C18H15N5O5/c1-27-15-5-2-13(3-6-15)22-10-12(19-20-22)9-21-16-7-4-14(23(25)26)8-17(16)28-11-18(21)24/h2-8,10H,9,11H2,1H3. The molecular weight excluding hydrogens is 366 g/mol. The molecule has 0 saturated heterocycles. The maximum atomic E-state index is 12.3. The van der Waals surface area contributed by atoms with Gasteiger partial charge >= 0.3 is 0 Å². The van der Waals surface area contributed by atoms with Crippen molar-refractivity contribution in [2.24, 2.45) is 0 Å². The van der Waals surface area contributed by atoms with Crippen LogP contribution in [0, 0.1) is 10.1 Å². The number of nitrogens with zero attached hydrogens (tertiary/aromatic N) is 5. The van der Waals surface area contributed by atoms with Crippen molar-refractivity contribution in [1.29, 1.82) is 0 Å². The Hall–Kier alpha value is -3.95. The van der Waals surface area contributed by atoms with Crippen molar-refractivity contribution in [3.8, 4) is 17.2 Å². The number of non-ortho nitro benzene ring substituents is 1. The number of fused-ring (bicyclic) bond motifs is 1. The summed E-state index contributed by atoms with van der Waals surface area (Å²) in [5, 5.41) is 19.2. The van der Waals surface area contributed by atoms with Gasteiger partial charge in [0.2, 0.25) is 0 Å². The molecule has 0 unspecified atom stereocenters. The summed E-state index contributed by atoms with van der Waals surface area (Å²) in [4.78, 5) is 24.2. The van der Waals surface area contributed by atoms with Crippen LogP contribution in [0.25, 0.3) is 5.69 Å². The summed E-state index contributed by atoms with van der Waals surface area (Å²) in [7, 11) is 1.59. The fraction of sp³-hybridized carbons (Fsp3) is 0.167. The molecule has 1 amide bonds. The fourth-order valence-electron chi connectivity index (χ4n) is 2.87. The van der Waals surface area contributed by atoms with Crippen LogP contribution in [0.15, 0.2) is 48.7 Å². The Bertz CT molecular complexity index is 1050. The zero-order chi connectivity index (χ0) is 19.7. The van der Waals surface area contributed by atoms with Crippen LogP contribution in [-0.2, 0) is 11.3 Å². The van der Waals surface area contributed by atoms with E-state index in [-0.39, 0.29) is 30.5 Å². The van der Waals surface area contributed by atoms with Gasteiger partial charge in [-0.1, -0.05) is 5.21 Å². The summed E-state index contributed by atoms with van der Waals surface area (Å²) in [6.45, 7) is -0.0239.